The van der Waals surface area contributed by atoms with Crippen molar-refractivity contribution in [2.45, 2.75) is 38.2 Å². The fourth-order valence-electron chi connectivity index (χ4n) is 3.75. The number of unbranched alkanes of at least 4 members (excludes halogenated alkanes) is 3. The molecule has 6 heteroatoms. The first-order valence-corrected chi connectivity index (χ1v) is 11.1. The van der Waals surface area contributed by atoms with Gasteiger partial charge in [0.05, 0.1) is 11.6 Å². The Balaban J connectivity index is 1.26. The number of benzene rings is 2. The normalized spacial score (nSPS) is 12.3. The Morgan fingerprint density at radius 1 is 0.839 bits per heavy atom. The maximum absolute atomic E-state index is 11.5. The molecule has 0 aliphatic rings. The zero-order valence-corrected chi connectivity index (χ0v) is 17.9. The molecule has 0 amide bonds. The first-order chi connectivity index (χ1) is 15.1. The van der Waals surface area contributed by atoms with Crippen LogP contribution in [0.4, 0.5) is 0 Å². The molecule has 0 bridgehead atoms. The number of fused-ring (bicyclic) bond motifs is 1. The van der Waals surface area contributed by atoms with Gasteiger partial charge in [-0.15, -0.1) is 0 Å². The largest absolute Gasteiger partial charge is 0.506 e. The minimum atomic E-state index is -0.706. The van der Waals surface area contributed by atoms with Crippen molar-refractivity contribution in [3.8, 4) is 5.75 Å². The number of aromatic amines is 1. The Kier molecular flexibility index (Phi) is 9.09. The molecule has 0 saturated carbocycles. The molecule has 0 aliphatic carbocycles. The maximum Gasteiger partial charge on any atom is 0.248 e. The smallest absolute Gasteiger partial charge is 0.248 e. The second-order valence-corrected chi connectivity index (χ2v) is 7.90. The Bertz CT molecular complexity index is 988. The van der Waals surface area contributed by atoms with E-state index < -0.39 is 6.10 Å². The molecule has 0 fully saturated rings. The van der Waals surface area contributed by atoms with Gasteiger partial charge in [0.1, 0.15) is 5.75 Å². The zero-order chi connectivity index (χ0) is 21.9. The Hall–Kier alpha value is -2.67. The van der Waals surface area contributed by atoms with E-state index in [-0.39, 0.29) is 11.3 Å². The van der Waals surface area contributed by atoms with Gasteiger partial charge < -0.3 is 25.8 Å². The third-order valence-corrected chi connectivity index (χ3v) is 5.49. The number of phenolic OH excluding ortho intramolecular Hbond substituents is 1. The second-order valence-electron chi connectivity index (χ2n) is 7.90. The summed E-state index contributed by atoms with van der Waals surface area (Å²) in [6.07, 6.45) is 4.96. The van der Waals surface area contributed by atoms with Crippen LogP contribution in [-0.2, 0) is 6.42 Å². The van der Waals surface area contributed by atoms with Gasteiger partial charge >= 0.3 is 0 Å². The minimum Gasteiger partial charge on any atom is -0.506 e. The highest BCUT2D eigenvalue weighted by Crippen LogP contribution is 2.28. The number of rotatable bonds is 13. The van der Waals surface area contributed by atoms with Crippen molar-refractivity contribution >= 4 is 10.9 Å². The van der Waals surface area contributed by atoms with Gasteiger partial charge in [-0.3, -0.25) is 4.79 Å². The summed E-state index contributed by atoms with van der Waals surface area (Å²) >= 11 is 0. The van der Waals surface area contributed by atoms with Crippen LogP contribution in [0.5, 0.6) is 5.75 Å². The molecule has 0 spiro atoms. The number of aliphatic hydroxyl groups is 1. The fraction of sp³-hybridized carbons (Fsp3) is 0.400. The molecular weight excluding hydrogens is 390 g/mol. The first kappa shape index (κ1) is 23.0. The van der Waals surface area contributed by atoms with Crippen molar-refractivity contribution in [1.29, 1.82) is 0 Å². The number of hydrogen-bond acceptors (Lipinski definition) is 5. The van der Waals surface area contributed by atoms with E-state index in [2.05, 4.69) is 39.9 Å². The molecule has 1 aromatic heterocycles. The summed E-state index contributed by atoms with van der Waals surface area (Å²) in [5.41, 5.74) is 2.15. The lowest BCUT2D eigenvalue weighted by Gasteiger charge is -2.15. The van der Waals surface area contributed by atoms with Crippen molar-refractivity contribution in [2.24, 2.45) is 0 Å². The monoisotopic (exact) mass is 423 g/mol. The van der Waals surface area contributed by atoms with Crippen molar-refractivity contribution in [3.05, 3.63) is 76.1 Å². The average molecular weight is 424 g/mol. The number of aromatic nitrogens is 1. The lowest BCUT2D eigenvalue weighted by molar-refractivity contribution is 0.176. The van der Waals surface area contributed by atoms with Gasteiger partial charge in [-0.05, 0) is 62.2 Å². The third-order valence-electron chi connectivity index (χ3n) is 5.49. The van der Waals surface area contributed by atoms with Crippen molar-refractivity contribution < 1.29 is 10.2 Å². The number of pyridine rings is 1. The van der Waals surface area contributed by atoms with Gasteiger partial charge in [0, 0.05) is 18.0 Å². The molecule has 2 aromatic carbocycles. The van der Waals surface area contributed by atoms with Gasteiger partial charge in [-0.2, -0.15) is 0 Å². The average Bonchev–Trinajstić information content (AvgIpc) is 2.78. The molecule has 0 radical (unpaired) electrons. The lowest BCUT2D eigenvalue weighted by Crippen LogP contribution is -2.23. The molecule has 3 aromatic rings. The van der Waals surface area contributed by atoms with Crippen molar-refractivity contribution in [3.63, 3.8) is 0 Å². The molecule has 1 unspecified atom stereocenters. The fourth-order valence-corrected chi connectivity index (χ4v) is 3.75. The molecule has 31 heavy (non-hydrogen) atoms. The summed E-state index contributed by atoms with van der Waals surface area (Å²) in [6.45, 7) is 3.35. The van der Waals surface area contributed by atoms with E-state index in [9.17, 15) is 15.0 Å². The maximum atomic E-state index is 11.5. The highest BCUT2D eigenvalue weighted by molar-refractivity contribution is 5.87. The standard InChI is InChI=1S/C25H33N3O3/c29-22-12-10-20(21-11-13-24(31)28-25(21)22)23(30)18-27-16-7-2-1-6-15-26-17-14-19-8-4-3-5-9-19/h3-5,8-13,23,26-27,29-30H,1-2,6-7,14-18H2,(H,28,31). The Morgan fingerprint density at radius 2 is 1.58 bits per heavy atom. The number of phenols is 1. The highest BCUT2D eigenvalue weighted by Gasteiger charge is 2.13. The van der Waals surface area contributed by atoms with E-state index >= 15 is 0 Å². The number of aliphatic hydroxyl groups excluding tert-OH is 1. The van der Waals surface area contributed by atoms with Gasteiger partial charge in [-0.25, -0.2) is 0 Å². The summed E-state index contributed by atoms with van der Waals surface area (Å²) in [4.78, 5) is 14.1. The van der Waals surface area contributed by atoms with E-state index in [1.165, 1.54) is 30.5 Å². The van der Waals surface area contributed by atoms with Gasteiger partial charge in [0.15, 0.2) is 0 Å². The molecule has 3 rings (SSSR count). The van der Waals surface area contributed by atoms with Gasteiger partial charge in [0.25, 0.3) is 0 Å². The molecule has 1 atom stereocenters. The quantitative estimate of drug-likeness (QED) is 0.272. The Labute approximate surface area is 183 Å². The molecule has 0 aliphatic heterocycles. The highest BCUT2D eigenvalue weighted by atomic mass is 16.3. The zero-order valence-electron chi connectivity index (χ0n) is 17.9. The van der Waals surface area contributed by atoms with Crippen LogP contribution in [0.25, 0.3) is 10.9 Å². The van der Waals surface area contributed by atoms with Crippen LogP contribution >= 0.6 is 0 Å². The summed E-state index contributed by atoms with van der Waals surface area (Å²) in [7, 11) is 0. The van der Waals surface area contributed by atoms with Crippen LogP contribution in [0.1, 0.15) is 42.9 Å². The van der Waals surface area contributed by atoms with E-state index in [1.54, 1.807) is 12.1 Å². The molecular formula is C25H33N3O3. The predicted octanol–water partition coefficient (Wildman–Crippen LogP) is 3.25. The van der Waals surface area contributed by atoms with Crippen LogP contribution in [0, 0.1) is 0 Å². The SMILES string of the molecule is O=c1ccc2c(C(O)CNCCCCCCNCCc3ccccc3)ccc(O)c2[nH]1. The molecule has 1 heterocycles. The molecule has 0 saturated heterocycles. The first-order valence-electron chi connectivity index (χ1n) is 11.1. The second kappa shape index (κ2) is 12.2. The molecule has 6 nitrogen and oxygen atoms in total. The minimum absolute atomic E-state index is 0.00571. The van der Waals surface area contributed by atoms with Crippen LogP contribution in [0.3, 0.4) is 0 Å². The topological polar surface area (TPSA) is 97.4 Å². The summed E-state index contributed by atoms with van der Waals surface area (Å²) < 4.78 is 0. The van der Waals surface area contributed by atoms with Crippen LogP contribution in [0.2, 0.25) is 0 Å². The van der Waals surface area contributed by atoms with Gasteiger partial charge in [0.2, 0.25) is 5.56 Å². The summed E-state index contributed by atoms with van der Waals surface area (Å²) in [6, 6.07) is 16.8. The lowest BCUT2D eigenvalue weighted by atomic mass is 10.0. The number of aromatic hydroxyl groups is 1. The third kappa shape index (κ3) is 7.21. The molecule has 5 N–H and O–H groups in total. The number of H-pyrrole nitrogens is 1. The van der Waals surface area contributed by atoms with Crippen LogP contribution < -0.4 is 16.2 Å². The molecule has 166 valence electrons. The van der Waals surface area contributed by atoms with Crippen molar-refractivity contribution in [2.75, 3.05) is 26.2 Å². The number of hydrogen-bond donors (Lipinski definition) is 5. The number of nitrogens with one attached hydrogen (secondary N) is 3. The van der Waals surface area contributed by atoms with Crippen LogP contribution in [-0.4, -0.2) is 41.4 Å². The predicted molar refractivity (Wildman–Crippen MR) is 126 cm³/mol. The van der Waals surface area contributed by atoms with E-state index in [0.29, 0.717) is 23.0 Å². The van der Waals surface area contributed by atoms with Gasteiger partial charge in [-0.1, -0.05) is 49.2 Å². The van der Waals surface area contributed by atoms with Crippen LogP contribution in [0.15, 0.2) is 59.4 Å². The van der Waals surface area contributed by atoms with Crippen molar-refractivity contribution in [1.82, 2.24) is 15.6 Å². The van der Waals surface area contributed by atoms with E-state index in [4.69, 9.17) is 0 Å². The van der Waals surface area contributed by atoms with E-state index in [0.717, 1.165) is 38.9 Å². The Morgan fingerprint density at radius 3 is 2.35 bits per heavy atom. The van der Waals surface area contributed by atoms with E-state index in [1.807, 2.05) is 6.07 Å². The summed E-state index contributed by atoms with van der Waals surface area (Å²) in [5.74, 6) is 0.00571. The summed E-state index contributed by atoms with van der Waals surface area (Å²) in [5, 5.41) is 28.0.